The largest absolute Gasteiger partial charge is 0.508 e. The van der Waals surface area contributed by atoms with Gasteiger partial charge in [-0.25, -0.2) is 0 Å². The molecule has 0 spiro atoms. The molecule has 1 aromatic carbocycles. The van der Waals surface area contributed by atoms with E-state index in [9.17, 15) is 14.7 Å². The van der Waals surface area contributed by atoms with Crippen LogP contribution in [0.4, 0.5) is 0 Å². The van der Waals surface area contributed by atoms with Crippen LogP contribution in [0.15, 0.2) is 24.3 Å². The fraction of sp³-hybridized carbons (Fsp3) is 0.600. The van der Waals surface area contributed by atoms with Crippen molar-refractivity contribution in [1.29, 1.82) is 0 Å². The minimum absolute atomic E-state index is 0.0492. The number of nitrogens with one attached hydrogen (secondary N) is 1. The van der Waals surface area contributed by atoms with Crippen molar-refractivity contribution in [3.63, 3.8) is 0 Å². The zero-order chi connectivity index (χ0) is 19.4. The summed E-state index contributed by atoms with van der Waals surface area (Å²) in [5, 5.41) is 12.4. The highest BCUT2D eigenvalue weighted by molar-refractivity contribution is 5.76. The van der Waals surface area contributed by atoms with Gasteiger partial charge in [0.25, 0.3) is 0 Å². The van der Waals surface area contributed by atoms with Gasteiger partial charge in [-0.2, -0.15) is 0 Å². The van der Waals surface area contributed by atoms with Crippen molar-refractivity contribution >= 4 is 11.8 Å². The minimum Gasteiger partial charge on any atom is -0.508 e. The van der Waals surface area contributed by atoms with E-state index in [0.29, 0.717) is 31.9 Å². The number of hydrogen-bond acceptors (Lipinski definition) is 5. The topological polar surface area (TPSA) is 82.1 Å². The first kappa shape index (κ1) is 19.6. The van der Waals surface area contributed by atoms with Crippen LogP contribution in [0, 0.1) is 0 Å². The average molecular weight is 375 g/mol. The Hall–Kier alpha value is -2.12. The molecule has 2 aliphatic heterocycles. The van der Waals surface area contributed by atoms with Crippen LogP contribution in [0.3, 0.4) is 0 Å². The highest BCUT2D eigenvalue weighted by Gasteiger charge is 2.38. The molecule has 0 saturated carbocycles. The second kappa shape index (κ2) is 8.71. The van der Waals surface area contributed by atoms with Crippen LogP contribution in [0.1, 0.15) is 24.8 Å². The van der Waals surface area contributed by atoms with E-state index in [-0.39, 0.29) is 29.7 Å². The third kappa shape index (κ3) is 5.43. The van der Waals surface area contributed by atoms with Crippen LogP contribution in [0.25, 0.3) is 0 Å². The number of fused-ring (bicyclic) bond motifs is 1. The molecule has 3 rings (SSSR count). The molecule has 1 aromatic rings. The zero-order valence-electron chi connectivity index (χ0n) is 16.1. The number of carbonyl (C=O) groups is 2. The molecule has 2 fully saturated rings. The lowest BCUT2D eigenvalue weighted by Crippen LogP contribution is -2.47. The standard InChI is InChI=1S/C20H29N3O4/c1-22(2)20(26)10-18-12-23-11-15(9-16(23)13-27-18)21-19(25)8-5-14-3-6-17(24)7-4-14/h3-4,6-7,15-16,18,24H,5,8-13H2,1-2H3,(H,21,25)/t15-,16-,18-/m0/s1. The Balaban J connectivity index is 1.42. The number of phenolic OH excluding ortho intramolecular Hbond substituents is 1. The van der Waals surface area contributed by atoms with Crippen LogP contribution in [-0.4, -0.2) is 78.7 Å². The SMILES string of the molecule is CN(C)C(=O)C[C@H]1CN2C[C@@H](NC(=O)CCc3ccc(O)cc3)C[C@H]2CO1. The van der Waals surface area contributed by atoms with Gasteiger partial charge in [-0.1, -0.05) is 12.1 Å². The molecule has 2 aliphatic rings. The van der Waals surface area contributed by atoms with Crippen molar-refractivity contribution in [1.82, 2.24) is 15.1 Å². The molecule has 0 bridgehead atoms. The Kier molecular flexibility index (Phi) is 6.34. The molecule has 148 valence electrons. The maximum atomic E-state index is 12.3. The van der Waals surface area contributed by atoms with Crippen molar-refractivity contribution in [3.8, 4) is 5.75 Å². The van der Waals surface area contributed by atoms with Crippen molar-refractivity contribution in [2.45, 2.75) is 43.9 Å². The van der Waals surface area contributed by atoms with Crippen molar-refractivity contribution in [3.05, 3.63) is 29.8 Å². The number of nitrogens with zero attached hydrogens (tertiary/aromatic N) is 2. The molecule has 2 heterocycles. The summed E-state index contributed by atoms with van der Waals surface area (Å²) >= 11 is 0. The summed E-state index contributed by atoms with van der Waals surface area (Å²) < 4.78 is 5.86. The van der Waals surface area contributed by atoms with Gasteiger partial charge >= 0.3 is 0 Å². The summed E-state index contributed by atoms with van der Waals surface area (Å²) in [6, 6.07) is 7.40. The van der Waals surface area contributed by atoms with Crippen LogP contribution >= 0.6 is 0 Å². The number of aryl methyl sites for hydroxylation is 1. The molecular formula is C20H29N3O4. The van der Waals surface area contributed by atoms with Crippen LogP contribution in [0.2, 0.25) is 0 Å². The predicted molar refractivity (Wildman–Crippen MR) is 101 cm³/mol. The van der Waals surface area contributed by atoms with E-state index in [0.717, 1.165) is 25.1 Å². The van der Waals surface area contributed by atoms with Gasteiger partial charge in [0.15, 0.2) is 0 Å². The Bertz CT molecular complexity index is 662. The molecule has 0 radical (unpaired) electrons. The molecule has 7 nitrogen and oxygen atoms in total. The molecule has 0 aliphatic carbocycles. The van der Waals surface area contributed by atoms with Gasteiger partial charge in [0.1, 0.15) is 5.75 Å². The van der Waals surface area contributed by atoms with E-state index >= 15 is 0 Å². The molecule has 2 N–H and O–H groups in total. The van der Waals surface area contributed by atoms with E-state index in [4.69, 9.17) is 4.74 Å². The van der Waals surface area contributed by atoms with Crippen molar-refractivity contribution in [2.24, 2.45) is 0 Å². The smallest absolute Gasteiger partial charge is 0.224 e. The van der Waals surface area contributed by atoms with Crippen molar-refractivity contribution < 1.29 is 19.4 Å². The first-order valence-electron chi connectivity index (χ1n) is 9.54. The molecule has 0 unspecified atom stereocenters. The van der Waals surface area contributed by atoms with Gasteiger partial charge in [0.05, 0.1) is 19.1 Å². The van der Waals surface area contributed by atoms with Gasteiger partial charge < -0.3 is 20.1 Å². The Morgan fingerprint density at radius 1 is 1.26 bits per heavy atom. The Morgan fingerprint density at radius 2 is 2.00 bits per heavy atom. The molecular weight excluding hydrogens is 346 g/mol. The summed E-state index contributed by atoms with van der Waals surface area (Å²) in [5.74, 6) is 0.364. The highest BCUT2D eigenvalue weighted by atomic mass is 16.5. The van der Waals surface area contributed by atoms with E-state index in [1.165, 1.54) is 0 Å². The van der Waals surface area contributed by atoms with E-state index in [1.807, 2.05) is 12.1 Å². The first-order chi connectivity index (χ1) is 12.9. The molecule has 2 amide bonds. The number of amides is 2. The number of benzene rings is 1. The molecule has 27 heavy (non-hydrogen) atoms. The fourth-order valence-corrected chi connectivity index (χ4v) is 3.77. The third-order valence-electron chi connectivity index (χ3n) is 5.33. The minimum atomic E-state index is -0.0694. The first-order valence-corrected chi connectivity index (χ1v) is 9.54. The van der Waals surface area contributed by atoms with Gasteiger partial charge in [-0.15, -0.1) is 0 Å². The highest BCUT2D eigenvalue weighted by Crippen LogP contribution is 2.24. The summed E-state index contributed by atoms with van der Waals surface area (Å²) in [6.45, 7) is 2.17. The molecule has 7 heteroatoms. The lowest BCUT2D eigenvalue weighted by molar-refractivity contribution is -0.134. The van der Waals surface area contributed by atoms with Crippen LogP contribution in [0.5, 0.6) is 5.75 Å². The number of rotatable bonds is 6. The summed E-state index contributed by atoms with van der Waals surface area (Å²) in [4.78, 5) is 28.1. The van der Waals surface area contributed by atoms with E-state index in [1.54, 1.807) is 31.1 Å². The number of ether oxygens (including phenoxy) is 1. The average Bonchev–Trinajstić information content (AvgIpc) is 3.02. The molecule has 2 saturated heterocycles. The van der Waals surface area contributed by atoms with E-state index in [2.05, 4.69) is 10.2 Å². The monoisotopic (exact) mass is 375 g/mol. The number of aromatic hydroxyl groups is 1. The summed E-state index contributed by atoms with van der Waals surface area (Å²) in [5.41, 5.74) is 1.04. The van der Waals surface area contributed by atoms with Crippen LogP contribution < -0.4 is 5.32 Å². The third-order valence-corrected chi connectivity index (χ3v) is 5.33. The quantitative estimate of drug-likeness (QED) is 0.767. The summed E-state index contributed by atoms with van der Waals surface area (Å²) in [7, 11) is 3.51. The number of morpholine rings is 1. The predicted octanol–water partition coefficient (Wildman–Crippen LogP) is 0.761. The number of hydrogen-bond donors (Lipinski definition) is 2. The van der Waals surface area contributed by atoms with Gasteiger partial charge in [-0.05, 0) is 30.5 Å². The normalized spacial score (nSPS) is 25.0. The lowest BCUT2D eigenvalue weighted by atomic mass is 10.1. The fourth-order valence-electron chi connectivity index (χ4n) is 3.77. The Morgan fingerprint density at radius 3 is 2.70 bits per heavy atom. The lowest BCUT2D eigenvalue weighted by Gasteiger charge is -2.35. The number of phenols is 1. The molecule has 3 atom stereocenters. The summed E-state index contributed by atoms with van der Waals surface area (Å²) in [6.07, 6.45) is 2.31. The Labute approximate surface area is 160 Å². The van der Waals surface area contributed by atoms with Crippen molar-refractivity contribution in [2.75, 3.05) is 33.8 Å². The van der Waals surface area contributed by atoms with Gasteiger partial charge in [0, 0.05) is 45.7 Å². The number of carbonyl (C=O) groups excluding carboxylic acids is 2. The van der Waals surface area contributed by atoms with Gasteiger partial charge in [-0.3, -0.25) is 14.5 Å². The second-order valence-electron chi connectivity index (χ2n) is 7.72. The maximum absolute atomic E-state index is 12.3. The van der Waals surface area contributed by atoms with E-state index < -0.39 is 0 Å². The second-order valence-corrected chi connectivity index (χ2v) is 7.72. The zero-order valence-corrected chi connectivity index (χ0v) is 16.1. The van der Waals surface area contributed by atoms with Crippen LogP contribution in [-0.2, 0) is 20.7 Å². The maximum Gasteiger partial charge on any atom is 0.224 e. The van der Waals surface area contributed by atoms with Gasteiger partial charge in [0.2, 0.25) is 11.8 Å². The molecule has 0 aromatic heterocycles.